The minimum Gasteiger partial charge on any atom is -0.356 e. The van der Waals surface area contributed by atoms with Crippen molar-refractivity contribution >= 4 is 29.6 Å². The van der Waals surface area contributed by atoms with Crippen LogP contribution in [0.2, 0.25) is 0 Å². The lowest BCUT2D eigenvalue weighted by atomic mass is 9.81. The predicted octanol–water partition coefficient (Wildman–Crippen LogP) is 4.73. The van der Waals surface area contributed by atoms with E-state index in [-0.39, 0.29) is 41.0 Å². The van der Waals surface area contributed by atoms with Gasteiger partial charge in [-0.15, -0.1) is 11.8 Å². The smallest absolute Gasteiger partial charge is 0.327 e. The van der Waals surface area contributed by atoms with Gasteiger partial charge in [-0.25, -0.2) is 4.79 Å². The van der Waals surface area contributed by atoms with E-state index in [4.69, 9.17) is 0 Å². The third-order valence-corrected chi connectivity index (χ3v) is 8.36. The molecule has 1 aromatic rings. The Bertz CT molecular complexity index is 939. The summed E-state index contributed by atoms with van der Waals surface area (Å²) in [7, 11) is 0. The second kappa shape index (κ2) is 11.0. The van der Waals surface area contributed by atoms with E-state index in [2.05, 4.69) is 25.2 Å². The summed E-state index contributed by atoms with van der Waals surface area (Å²) >= 11 is 1.51. The van der Waals surface area contributed by atoms with Crippen LogP contribution in [0.3, 0.4) is 0 Å². The molecule has 0 spiro atoms. The lowest BCUT2D eigenvalue weighted by molar-refractivity contribution is -0.132. The number of hydrogen-bond acceptors (Lipinski definition) is 4. The zero-order valence-corrected chi connectivity index (χ0v) is 21.4. The lowest BCUT2D eigenvalue weighted by Gasteiger charge is -2.43. The normalized spacial score (nSPS) is 26.8. The topological polar surface area (TPSA) is 69.7 Å². The molecule has 34 heavy (non-hydrogen) atoms. The van der Waals surface area contributed by atoms with E-state index >= 15 is 0 Å². The zero-order valence-electron chi connectivity index (χ0n) is 20.5. The molecule has 7 heteroatoms. The molecule has 6 nitrogen and oxygen atoms in total. The maximum absolute atomic E-state index is 13.5. The first-order valence-electron chi connectivity index (χ1n) is 12.6. The van der Waals surface area contributed by atoms with E-state index in [1.807, 2.05) is 41.5 Å². The Morgan fingerprint density at radius 2 is 1.94 bits per heavy atom. The van der Waals surface area contributed by atoms with Crippen LogP contribution in [0.1, 0.15) is 57.1 Å². The van der Waals surface area contributed by atoms with Crippen LogP contribution in [-0.4, -0.2) is 52.0 Å². The number of aryl methyl sites for hydroxylation is 1. The number of benzene rings is 1. The molecule has 2 unspecified atom stereocenters. The molecule has 4 amide bonds. The van der Waals surface area contributed by atoms with Gasteiger partial charge in [0.1, 0.15) is 5.25 Å². The molecule has 0 bridgehead atoms. The highest BCUT2D eigenvalue weighted by Gasteiger charge is 2.47. The van der Waals surface area contributed by atoms with Gasteiger partial charge in [-0.1, -0.05) is 49.8 Å². The largest absolute Gasteiger partial charge is 0.356 e. The SMILES string of the molecule is Cc1cccc(CN2C(=O)N(CC3CCC(C(=O)NCCC(C)C)CC3)C(=O)C3SC=CC32)c1. The van der Waals surface area contributed by atoms with Crippen LogP contribution < -0.4 is 5.32 Å². The number of carbonyl (C=O) groups is 3. The van der Waals surface area contributed by atoms with Gasteiger partial charge in [0.2, 0.25) is 11.8 Å². The van der Waals surface area contributed by atoms with Crippen molar-refractivity contribution in [1.82, 2.24) is 15.1 Å². The molecule has 0 radical (unpaired) electrons. The molecule has 184 valence electrons. The first kappa shape index (κ1) is 24.8. The van der Waals surface area contributed by atoms with E-state index in [1.54, 1.807) is 0 Å². The first-order valence-corrected chi connectivity index (χ1v) is 13.5. The third kappa shape index (κ3) is 5.68. The lowest BCUT2D eigenvalue weighted by Crippen LogP contribution is -2.62. The summed E-state index contributed by atoms with van der Waals surface area (Å²) in [6.07, 6.45) is 6.37. The van der Waals surface area contributed by atoms with Gasteiger partial charge in [0.15, 0.2) is 0 Å². The fraction of sp³-hybridized carbons (Fsp3) is 0.593. The Kier molecular flexibility index (Phi) is 8.02. The highest BCUT2D eigenvalue weighted by molar-refractivity contribution is 8.03. The van der Waals surface area contributed by atoms with E-state index < -0.39 is 0 Å². The van der Waals surface area contributed by atoms with Crippen molar-refractivity contribution in [2.45, 2.75) is 70.7 Å². The number of fused-ring (bicyclic) bond motifs is 1. The monoisotopic (exact) mass is 483 g/mol. The van der Waals surface area contributed by atoms with E-state index in [1.165, 1.54) is 16.7 Å². The maximum atomic E-state index is 13.5. The molecular formula is C27H37N3O3S. The number of imide groups is 1. The van der Waals surface area contributed by atoms with Crippen molar-refractivity contribution in [3.63, 3.8) is 0 Å². The van der Waals surface area contributed by atoms with Crippen molar-refractivity contribution in [3.05, 3.63) is 46.9 Å². The van der Waals surface area contributed by atoms with Gasteiger partial charge in [-0.05, 0) is 61.8 Å². The molecule has 1 saturated carbocycles. The Hall–Kier alpha value is -2.28. The quantitative estimate of drug-likeness (QED) is 0.581. The van der Waals surface area contributed by atoms with Crippen LogP contribution in [0.5, 0.6) is 0 Å². The van der Waals surface area contributed by atoms with Crippen molar-refractivity contribution in [2.75, 3.05) is 13.1 Å². The van der Waals surface area contributed by atoms with Gasteiger partial charge >= 0.3 is 6.03 Å². The molecule has 0 aromatic heterocycles. The van der Waals surface area contributed by atoms with Gasteiger partial charge in [0, 0.05) is 25.6 Å². The van der Waals surface area contributed by atoms with E-state index in [9.17, 15) is 14.4 Å². The molecule has 2 aliphatic heterocycles. The van der Waals surface area contributed by atoms with Gasteiger partial charge in [-0.2, -0.15) is 0 Å². The summed E-state index contributed by atoms with van der Waals surface area (Å²) in [6.45, 7) is 8.05. The molecule has 1 aliphatic carbocycles. The molecule has 2 fully saturated rings. The number of rotatable bonds is 8. The van der Waals surface area contributed by atoms with Crippen molar-refractivity contribution in [2.24, 2.45) is 17.8 Å². The fourth-order valence-corrected chi connectivity index (χ4v) is 6.30. The molecule has 1 aromatic carbocycles. The summed E-state index contributed by atoms with van der Waals surface area (Å²) < 4.78 is 0. The summed E-state index contributed by atoms with van der Waals surface area (Å²) in [6, 6.07) is 7.82. The second-order valence-corrected chi connectivity index (χ2v) is 11.5. The zero-order chi connectivity index (χ0) is 24.2. The fourth-order valence-electron chi connectivity index (χ4n) is 5.24. The Morgan fingerprint density at radius 3 is 2.65 bits per heavy atom. The molecule has 1 N–H and O–H groups in total. The van der Waals surface area contributed by atoms with Crippen LogP contribution in [0.25, 0.3) is 0 Å². The average Bonchev–Trinajstić information content (AvgIpc) is 3.30. The van der Waals surface area contributed by atoms with E-state index in [0.29, 0.717) is 19.0 Å². The third-order valence-electron chi connectivity index (χ3n) is 7.27. The van der Waals surface area contributed by atoms with E-state index in [0.717, 1.165) is 49.8 Å². The molecule has 2 heterocycles. The maximum Gasteiger partial charge on any atom is 0.327 e. The highest BCUT2D eigenvalue weighted by atomic mass is 32.2. The number of urea groups is 1. The Balaban J connectivity index is 1.36. The minimum absolute atomic E-state index is 0.0490. The van der Waals surface area contributed by atoms with Crippen molar-refractivity contribution < 1.29 is 14.4 Å². The summed E-state index contributed by atoms with van der Waals surface area (Å²) in [5, 5.41) is 4.77. The van der Waals surface area contributed by atoms with Gasteiger partial charge in [-0.3, -0.25) is 14.5 Å². The standard InChI is InChI=1S/C27H37N3O3S/c1-18(2)11-13-28-25(31)22-9-7-20(8-10-22)16-30-26(32)24-23(12-14-34-24)29(27(30)33)17-21-6-4-5-19(3)15-21/h4-6,12,14-15,18,20,22-24H,7-11,13,16-17H2,1-3H3,(H,28,31). The van der Waals surface area contributed by atoms with Crippen LogP contribution in [0, 0.1) is 24.7 Å². The minimum atomic E-state index is -0.259. The number of nitrogens with one attached hydrogen (secondary N) is 1. The molecule has 3 aliphatic rings. The van der Waals surface area contributed by atoms with Crippen LogP contribution in [-0.2, 0) is 16.1 Å². The summed E-state index contributed by atoms with van der Waals surface area (Å²) in [4.78, 5) is 42.6. The number of amides is 4. The van der Waals surface area contributed by atoms with Crippen LogP contribution in [0.4, 0.5) is 4.79 Å². The number of thioether (sulfide) groups is 1. The molecule has 4 rings (SSSR count). The second-order valence-electron chi connectivity index (χ2n) is 10.4. The molecular weight excluding hydrogens is 446 g/mol. The molecule has 2 atom stereocenters. The van der Waals surface area contributed by atoms with Crippen molar-refractivity contribution in [1.29, 1.82) is 0 Å². The highest BCUT2D eigenvalue weighted by Crippen LogP contribution is 2.37. The van der Waals surface area contributed by atoms with Gasteiger partial charge < -0.3 is 10.2 Å². The van der Waals surface area contributed by atoms with Gasteiger partial charge in [0.25, 0.3) is 0 Å². The summed E-state index contributed by atoms with van der Waals surface area (Å²) in [5.74, 6) is 0.968. The number of hydrogen-bond donors (Lipinski definition) is 1. The predicted molar refractivity (Wildman–Crippen MR) is 136 cm³/mol. The Labute approximate surface area is 207 Å². The summed E-state index contributed by atoms with van der Waals surface area (Å²) in [5.41, 5.74) is 2.24. The first-order chi connectivity index (χ1) is 16.3. The van der Waals surface area contributed by atoms with Gasteiger partial charge in [0.05, 0.1) is 6.04 Å². The average molecular weight is 484 g/mol. The van der Waals surface area contributed by atoms with Crippen molar-refractivity contribution in [3.8, 4) is 0 Å². The Morgan fingerprint density at radius 1 is 1.18 bits per heavy atom. The molecule has 1 saturated heterocycles. The van der Waals surface area contributed by atoms with Crippen LogP contribution >= 0.6 is 11.8 Å². The van der Waals surface area contributed by atoms with Crippen LogP contribution in [0.15, 0.2) is 35.7 Å². The number of nitrogens with zero attached hydrogens (tertiary/aromatic N) is 2. The number of carbonyl (C=O) groups excluding carboxylic acids is 3.